The minimum Gasteiger partial charge on any atom is -0.497 e. The fourth-order valence-corrected chi connectivity index (χ4v) is 2.27. The molecule has 110 valence electrons. The van der Waals surface area contributed by atoms with Gasteiger partial charge in [0.15, 0.2) is 0 Å². The van der Waals surface area contributed by atoms with E-state index in [0.717, 1.165) is 16.9 Å². The van der Waals surface area contributed by atoms with Crippen LogP contribution in [0.2, 0.25) is 0 Å². The Balaban J connectivity index is 2.23. The Morgan fingerprint density at radius 2 is 2.19 bits per heavy atom. The van der Waals surface area contributed by atoms with Gasteiger partial charge in [-0.15, -0.1) is 0 Å². The molecular formula is C17H20N2O2. The Morgan fingerprint density at radius 3 is 2.86 bits per heavy atom. The molecule has 2 rings (SSSR count). The first-order chi connectivity index (χ1) is 10.0. The third-order valence-corrected chi connectivity index (χ3v) is 3.35. The van der Waals surface area contributed by atoms with Crippen molar-refractivity contribution in [3.05, 3.63) is 65.5 Å². The summed E-state index contributed by atoms with van der Waals surface area (Å²) < 4.78 is 5.24. The maximum atomic E-state index is 11.9. The van der Waals surface area contributed by atoms with Crippen molar-refractivity contribution in [3.63, 3.8) is 0 Å². The van der Waals surface area contributed by atoms with E-state index in [0.29, 0.717) is 17.8 Å². The largest absolute Gasteiger partial charge is 0.497 e. The highest BCUT2D eigenvalue weighted by Crippen LogP contribution is 2.25. The van der Waals surface area contributed by atoms with Gasteiger partial charge in [0, 0.05) is 25.5 Å². The summed E-state index contributed by atoms with van der Waals surface area (Å²) in [6.07, 6.45) is 3.84. The summed E-state index contributed by atoms with van der Waals surface area (Å²) in [6.45, 7) is 6.65. The first-order valence-electron chi connectivity index (χ1n) is 6.76. The highest BCUT2D eigenvalue weighted by atomic mass is 16.5. The number of allylic oxidation sites excluding steroid dienone is 2. The van der Waals surface area contributed by atoms with Crippen LogP contribution in [0, 0.1) is 0 Å². The SMILES string of the molecule is C=C1C(C(=O)NC)=CC(C)=CN1Cc1cccc(OC)c1. The highest BCUT2D eigenvalue weighted by molar-refractivity contribution is 5.98. The molecule has 0 bridgehead atoms. The molecule has 21 heavy (non-hydrogen) atoms. The monoisotopic (exact) mass is 284 g/mol. The van der Waals surface area contributed by atoms with E-state index in [9.17, 15) is 4.79 Å². The van der Waals surface area contributed by atoms with Gasteiger partial charge in [-0.05, 0) is 36.3 Å². The first-order valence-corrected chi connectivity index (χ1v) is 6.76. The number of amides is 1. The quantitative estimate of drug-likeness (QED) is 0.924. The lowest BCUT2D eigenvalue weighted by Gasteiger charge is -2.28. The molecule has 0 aliphatic carbocycles. The van der Waals surface area contributed by atoms with Gasteiger partial charge >= 0.3 is 0 Å². The van der Waals surface area contributed by atoms with Gasteiger partial charge in [-0.25, -0.2) is 0 Å². The summed E-state index contributed by atoms with van der Waals surface area (Å²) in [5.41, 5.74) is 3.41. The van der Waals surface area contributed by atoms with Gasteiger partial charge in [0.05, 0.1) is 12.7 Å². The number of carbonyl (C=O) groups excluding carboxylic acids is 1. The number of rotatable bonds is 4. The van der Waals surface area contributed by atoms with Gasteiger partial charge in [-0.3, -0.25) is 4.79 Å². The second-order valence-corrected chi connectivity index (χ2v) is 4.94. The molecule has 1 N–H and O–H groups in total. The number of methoxy groups -OCH3 is 1. The zero-order chi connectivity index (χ0) is 15.4. The van der Waals surface area contributed by atoms with E-state index in [2.05, 4.69) is 11.9 Å². The highest BCUT2D eigenvalue weighted by Gasteiger charge is 2.20. The number of hydrogen-bond acceptors (Lipinski definition) is 3. The number of nitrogens with one attached hydrogen (secondary N) is 1. The van der Waals surface area contributed by atoms with E-state index < -0.39 is 0 Å². The summed E-state index contributed by atoms with van der Waals surface area (Å²) in [4.78, 5) is 13.9. The molecule has 1 amide bonds. The lowest BCUT2D eigenvalue weighted by Crippen LogP contribution is -2.28. The zero-order valence-corrected chi connectivity index (χ0v) is 12.6. The van der Waals surface area contributed by atoms with Crippen LogP contribution in [0.5, 0.6) is 5.75 Å². The zero-order valence-electron chi connectivity index (χ0n) is 12.6. The van der Waals surface area contributed by atoms with Crippen molar-refractivity contribution in [2.75, 3.05) is 14.2 Å². The fraction of sp³-hybridized carbons (Fsp3) is 0.235. The standard InChI is InChI=1S/C17H20N2O2/c1-12-8-16(17(20)18-3)13(2)19(10-12)11-14-6-5-7-15(9-14)21-4/h5-10H,2,11H2,1,3-4H3,(H,18,20). The maximum Gasteiger partial charge on any atom is 0.253 e. The number of benzene rings is 1. The number of ether oxygens (including phenoxy) is 1. The summed E-state index contributed by atoms with van der Waals surface area (Å²) in [5.74, 6) is 0.695. The van der Waals surface area contributed by atoms with Crippen LogP contribution in [0.4, 0.5) is 0 Å². The Labute approximate surface area is 125 Å². The average molecular weight is 284 g/mol. The van der Waals surface area contributed by atoms with Gasteiger partial charge in [-0.2, -0.15) is 0 Å². The van der Waals surface area contributed by atoms with Crippen molar-refractivity contribution >= 4 is 5.91 Å². The van der Waals surface area contributed by atoms with Crippen molar-refractivity contribution in [1.29, 1.82) is 0 Å². The summed E-state index contributed by atoms with van der Waals surface area (Å²) >= 11 is 0. The normalized spacial score (nSPS) is 14.4. The third-order valence-electron chi connectivity index (χ3n) is 3.35. The van der Waals surface area contributed by atoms with Crippen LogP contribution in [-0.4, -0.2) is 25.0 Å². The van der Waals surface area contributed by atoms with Crippen LogP contribution in [0.25, 0.3) is 0 Å². The second-order valence-electron chi connectivity index (χ2n) is 4.94. The molecule has 0 atom stereocenters. The summed E-state index contributed by atoms with van der Waals surface area (Å²) in [6, 6.07) is 7.86. The van der Waals surface area contributed by atoms with Crippen LogP contribution >= 0.6 is 0 Å². The van der Waals surface area contributed by atoms with Crippen LogP contribution in [0.1, 0.15) is 12.5 Å². The molecule has 4 heteroatoms. The molecule has 0 radical (unpaired) electrons. The topological polar surface area (TPSA) is 41.6 Å². The molecule has 0 unspecified atom stereocenters. The van der Waals surface area contributed by atoms with Crippen LogP contribution in [0.15, 0.2) is 60.0 Å². The van der Waals surface area contributed by atoms with Crippen molar-refractivity contribution in [1.82, 2.24) is 10.2 Å². The van der Waals surface area contributed by atoms with Crippen LogP contribution in [-0.2, 0) is 11.3 Å². The number of hydrogen-bond donors (Lipinski definition) is 1. The third kappa shape index (κ3) is 3.34. The molecule has 0 saturated carbocycles. The smallest absolute Gasteiger partial charge is 0.253 e. The summed E-state index contributed by atoms with van der Waals surface area (Å²) in [5, 5.41) is 2.65. The predicted molar refractivity (Wildman–Crippen MR) is 83.6 cm³/mol. The van der Waals surface area contributed by atoms with Crippen molar-refractivity contribution < 1.29 is 9.53 Å². The van der Waals surface area contributed by atoms with Crippen LogP contribution < -0.4 is 10.1 Å². The molecule has 0 aromatic heterocycles. The maximum absolute atomic E-state index is 11.9. The Hall–Kier alpha value is -2.49. The van der Waals surface area contributed by atoms with Gasteiger partial charge in [0.2, 0.25) is 0 Å². The van der Waals surface area contributed by atoms with Gasteiger partial charge in [0.25, 0.3) is 5.91 Å². The van der Waals surface area contributed by atoms with E-state index >= 15 is 0 Å². The van der Waals surface area contributed by atoms with E-state index in [1.807, 2.05) is 48.4 Å². The molecule has 0 spiro atoms. The molecular weight excluding hydrogens is 264 g/mol. The molecule has 1 aliphatic rings. The Bertz CT molecular complexity index is 629. The van der Waals surface area contributed by atoms with Crippen LogP contribution in [0.3, 0.4) is 0 Å². The van der Waals surface area contributed by atoms with E-state index in [-0.39, 0.29) is 5.91 Å². The Morgan fingerprint density at radius 1 is 1.43 bits per heavy atom. The number of nitrogens with zero attached hydrogens (tertiary/aromatic N) is 1. The van der Waals surface area contributed by atoms with Crippen molar-refractivity contribution in [3.8, 4) is 5.75 Å². The molecule has 0 saturated heterocycles. The molecule has 1 aromatic carbocycles. The second kappa shape index (κ2) is 6.31. The lowest BCUT2D eigenvalue weighted by atomic mass is 10.0. The molecule has 4 nitrogen and oxygen atoms in total. The molecule has 1 aliphatic heterocycles. The first kappa shape index (κ1) is 14.9. The van der Waals surface area contributed by atoms with Gasteiger partial charge in [-0.1, -0.05) is 18.7 Å². The number of likely N-dealkylation sites (N-methyl/N-ethyl adjacent to an activating group) is 1. The van der Waals surface area contributed by atoms with E-state index in [4.69, 9.17) is 4.74 Å². The fourth-order valence-electron chi connectivity index (χ4n) is 2.27. The molecule has 1 aromatic rings. The predicted octanol–water partition coefficient (Wildman–Crippen LogP) is 2.60. The summed E-state index contributed by atoms with van der Waals surface area (Å²) in [7, 11) is 3.27. The minimum absolute atomic E-state index is 0.122. The van der Waals surface area contributed by atoms with Crippen molar-refractivity contribution in [2.24, 2.45) is 0 Å². The molecule has 0 fully saturated rings. The minimum atomic E-state index is -0.122. The Kier molecular flexibility index (Phi) is 4.48. The average Bonchev–Trinajstić information content (AvgIpc) is 2.50. The van der Waals surface area contributed by atoms with E-state index in [1.54, 1.807) is 14.2 Å². The molecule has 1 heterocycles. The van der Waals surface area contributed by atoms with Gasteiger partial charge in [0.1, 0.15) is 5.75 Å². The van der Waals surface area contributed by atoms with Gasteiger partial charge < -0.3 is 15.0 Å². The van der Waals surface area contributed by atoms with E-state index in [1.165, 1.54) is 0 Å². The van der Waals surface area contributed by atoms with Crippen molar-refractivity contribution in [2.45, 2.75) is 13.5 Å². The number of carbonyl (C=O) groups is 1. The lowest BCUT2D eigenvalue weighted by molar-refractivity contribution is -0.116.